The van der Waals surface area contributed by atoms with Crippen LogP contribution in [0.15, 0.2) is 23.4 Å². The highest BCUT2D eigenvalue weighted by Crippen LogP contribution is 2.40. The molecule has 1 aromatic rings. The van der Waals surface area contributed by atoms with E-state index in [4.69, 9.17) is 0 Å². The molecule has 2 saturated heterocycles. The maximum absolute atomic E-state index is 11.4. The maximum atomic E-state index is 11.4. The lowest BCUT2D eigenvalue weighted by atomic mass is 9.78. The molecule has 3 rings (SSSR count). The van der Waals surface area contributed by atoms with Gasteiger partial charge < -0.3 is 10.2 Å². The summed E-state index contributed by atoms with van der Waals surface area (Å²) in [5, 5.41) is 3.57. The smallest absolute Gasteiger partial charge is 0.192 e. The normalized spacial score (nSPS) is 22.4. The molecule has 0 aliphatic carbocycles. The third-order valence-electron chi connectivity index (χ3n) is 4.57. The maximum Gasteiger partial charge on any atom is 0.192 e. The lowest BCUT2D eigenvalue weighted by Crippen LogP contribution is -2.38. The van der Waals surface area contributed by atoms with Gasteiger partial charge in [-0.1, -0.05) is 0 Å². The van der Waals surface area contributed by atoms with Crippen LogP contribution in [0.4, 0.5) is 5.69 Å². The van der Waals surface area contributed by atoms with Gasteiger partial charge in [0, 0.05) is 19.3 Å². The van der Waals surface area contributed by atoms with Gasteiger partial charge in [0.05, 0.1) is 11.9 Å². The number of piperidine rings is 1. The van der Waals surface area contributed by atoms with Crippen LogP contribution < -0.4 is 10.2 Å². The summed E-state index contributed by atoms with van der Waals surface area (Å²) in [4.78, 5) is 6.42. The van der Waals surface area contributed by atoms with Gasteiger partial charge >= 0.3 is 0 Å². The van der Waals surface area contributed by atoms with Crippen molar-refractivity contribution in [1.29, 1.82) is 0 Å². The number of sulfone groups is 1. The Morgan fingerprint density at radius 1 is 1.25 bits per heavy atom. The molecule has 5 nitrogen and oxygen atoms in total. The number of anilines is 1. The fourth-order valence-electron chi connectivity index (χ4n) is 3.30. The minimum absolute atomic E-state index is 0.150. The second-order valence-electron chi connectivity index (χ2n) is 6.05. The first-order chi connectivity index (χ1) is 9.49. The number of pyridine rings is 1. The van der Waals surface area contributed by atoms with E-state index in [1.807, 2.05) is 6.07 Å². The molecule has 0 bridgehead atoms. The topological polar surface area (TPSA) is 62.3 Å². The molecule has 2 aliphatic heterocycles. The first-order valence-electron chi connectivity index (χ1n) is 7.10. The van der Waals surface area contributed by atoms with Crippen LogP contribution in [0.5, 0.6) is 0 Å². The van der Waals surface area contributed by atoms with E-state index in [2.05, 4.69) is 15.2 Å². The Bertz CT molecular complexity index is 577. The Hall–Kier alpha value is -1.14. The lowest BCUT2D eigenvalue weighted by Gasteiger charge is -2.34. The second kappa shape index (κ2) is 5.00. The van der Waals surface area contributed by atoms with Crippen molar-refractivity contribution < 1.29 is 8.42 Å². The number of aromatic nitrogens is 1. The van der Waals surface area contributed by atoms with Gasteiger partial charge in [-0.15, -0.1) is 0 Å². The van der Waals surface area contributed by atoms with Crippen molar-refractivity contribution in [3.05, 3.63) is 18.3 Å². The van der Waals surface area contributed by atoms with Gasteiger partial charge in [0.15, 0.2) is 14.9 Å². The van der Waals surface area contributed by atoms with E-state index < -0.39 is 9.84 Å². The van der Waals surface area contributed by atoms with E-state index in [1.54, 1.807) is 12.3 Å². The van der Waals surface area contributed by atoms with E-state index in [-0.39, 0.29) is 5.03 Å². The zero-order valence-corrected chi connectivity index (χ0v) is 12.6. The molecule has 3 heterocycles. The molecule has 0 aromatic carbocycles. The van der Waals surface area contributed by atoms with Gasteiger partial charge in [0.2, 0.25) is 0 Å². The average Bonchev–Trinajstić information content (AvgIpc) is 2.83. The molecular weight excluding hydrogens is 274 g/mol. The second-order valence-corrected chi connectivity index (χ2v) is 8.01. The summed E-state index contributed by atoms with van der Waals surface area (Å²) >= 11 is 0. The summed E-state index contributed by atoms with van der Waals surface area (Å²) in [5.74, 6) is 0. The van der Waals surface area contributed by atoms with Crippen LogP contribution in [-0.4, -0.2) is 45.8 Å². The van der Waals surface area contributed by atoms with Crippen LogP contribution in [0.1, 0.15) is 19.3 Å². The molecule has 20 heavy (non-hydrogen) atoms. The SMILES string of the molecule is CS(=O)(=O)c1ccc(N2CCC3(CCNCC3)C2)cn1. The number of nitrogens with one attached hydrogen (secondary N) is 1. The molecule has 0 unspecified atom stereocenters. The first-order valence-corrected chi connectivity index (χ1v) is 9.00. The standard InChI is InChI=1S/C14H21N3O2S/c1-20(18,19)13-3-2-12(10-16-13)17-9-6-14(11-17)4-7-15-8-5-14/h2-3,10,15H,4-9,11H2,1H3. The highest BCUT2D eigenvalue weighted by molar-refractivity contribution is 7.90. The van der Waals surface area contributed by atoms with Crippen LogP contribution in [0, 0.1) is 5.41 Å². The van der Waals surface area contributed by atoms with E-state index in [0.717, 1.165) is 31.9 Å². The molecule has 0 radical (unpaired) electrons. The minimum atomic E-state index is -3.21. The van der Waals surface area contributed by atoms with Crippen molar-refractivity contribution in [2.75, 3.05) is 37.3 Å². The van der Waals surface area contributed by atoms with Crippen molar-refractivity contribution in [2.45, 2.75) is 24.3 Å². The van der Waals surface area contributed by atoms with Gasteiger partial charge in [0.1, 0.15) is 0 Å². The zero-order valence-electron chi connectivity index (χ0n) is 11.8. The monoisotopic (exact) mass is 295 g/mol. The Morgan fingerprint density at radius 3 is 2.60 bits per heavy atom. The minimum Gasteiger partial charge on any atom is -0.370 e. The van der Waals surface area contributed by atoms with Gasteiger partial charge in [-0.2, -0.15) is 0 Å². The average molecular weight is 295 g/mol. The summed E-state index contributed by atoms with van der Waals surface area (Å²) in [6, 6.07) is 3.49. The predicted octanol–water partition coefficient (Wildman–Crippen LogP) is 1.06. The Morgan fingerprint density at radius 2 is 2.00 bits per heavy atom. The fourth-order valence-corrected chi connectivity index (χ4v) is 3.86. The van der Waals surface area contributed by atoms with Crippen LogP contribution in [-0.2, 0) is 9.84 Å². The Balaban J connectivity index is 1.74. The van der Waals surface area contributed by atoms with Crippen molar-refractivity contribution >= 4 is 15.5 Å². The quantitative estimate of drug-likeness (QED) is 0.884. The van der Waals surface area contributed by atoms with Crippen LogP contribution >= 0.6 is 0 Å². The van der Waals surface area contributed by atoms with E-state index in [0.29, 0.717) is 5.41 Å². The molecule has 1 spiro atoms. The van der Waals surface area contributed by atoms with Crippen LogP contribution in [0.25, 0.3) is 0 Å². The summed E-state index contributed by atoms with van der Waals surface area (Å²) in [5.41, 5.74) is 1.48. The fraction of sp³-hybridized carbons (Fsp3) is 0.643. The summed E-state index contributed by atoms with van der Waals surface area (Å²) in [6.45, 7) is 4.33. The molecule has 2 fully saturated rings. The van der Waals surface area contributed by atoms with Gasteiger partial charge in [-0.05, 0) is 49.9 Å². The molecule has 2 aliphatic rings. The molecule has 110 valence electrons. The van der Waals surface area contributed by atoms with Gasteiger partial charge in [0.25, 0.3) is 0 Å². The highest BCUT2D eigenvalue weighted by atomic mass is 32.2. The van der Waals surface area contributed by atoms with Gasteiger partial charge in [-0.3, -0.25) is 0 Å². The molecule has 0 saturated carbocycles. The van der Waals surface area contributed by atoms with E-state index >= 15 is 0 Å². The highest BCUT2D eigenvalue weighted by Gasteiger charge is 2.38. The number of hydrogen-bond donors (Lipinski definition) is 1. The van der Waals surface area contributed by atoms with Crippen LogP contribution in [0.3, 0.4) is 0 Å². The van der Waals surface area contributed by atoms with Crippen molar-refractivity contribution in [2.24, 2.45) is 5.41 Å². The Labute approximate surface area is 120 Å². The summed E-state index contributed by atoms with van der Waals surface area (Å²) in [7, 11) is -3.21. The van der Waals surface area contributed by atoms with Crippen molar-refractivity contribution in [3.8, 4) is 0 Å². The molecule has 1 N–H and O–H groups in total. The summed E-state index contributed by atoms with van der Waals surface area (Å²) < 4.78 is 22.8. The summed E-state index contributed by atoms with van der Waals surface area (Å²) in [6.07, 6.45) is 6.57. The van der Waals surface area contributed by atoms with Crippen molar-refractivity contribution in [3.63, 3.8) is 0 Å². The molecule has 6 heteroatoms. The van der Waals surface area contributed by atoms with E-state index in [1.165, 1.54) is 25.5 Å². The molecular formula is C14H21N3O2S. The number of nitrogens with zero attached hydrogens (tertiary/aromatic N) is 2. The zero-order chi connectivity index (χ0) is 14.2. The van der Waals surface area contributed by atoms with Gasteiger partial charge in [-0.25, -0.2) is 13.4 Å². The molecule has 1 aromatic heterocycles. The largest absolute Gasteiger partial charge is 0.370 e. The number of hydrogen-bond acceptors (Lipinski definition) is 5. The third-order valence-corrected chi connectivity index (χ3v) is 5.57. The van der Waals surface area contributed by atoms with E-state index in [9.17, 15) is 8.42 Å². The van der Waals surface area contributed by atoms with Crippen LogP contribution in [0.2, 0.25) is 0 Å². The lowest BCUT2D eigenvalue weighted by molar-refractivity contribution is 0.232. The number of rotatable bonds is 2. The predicted molar refractivity (Wildman–Crippen MR) is 78.7 cm³/mol. The first kappa shape index (κ1) is 13.8. The van der Waals surface area contributed by atoms with Crippen molar-refractivity contribution in [1.82, 2.24) is 10.3 Å². The molecule has 0 amide bonds. The third kappa shape index (κ3) is 2.67. The molecule has 0 atom stereocenters. The Kier molecular flexibility index (Phi) is 3.46.